The first kappa shape index (κ1) is 14.6. The summed E-state index contributed by atoms with van der Waals surface area (Å²) >= 11 is 0. The van der Waals surface area contributed by atoms with E-state index < -0.39 is 0 Å². The number of carbonyl (C=O) groups is 1. The Kier molecular flexibility index (Phi) is 4.59. The van der Waals surface area contributed by atoms with Gasteiger partial charge in [-0.2, -0.15) is 0 Å². The standard InChI is InChI=1S/C18H26N2O/c1-14-6-2-5-9-17(14)19-18(21)13-20-11-10-15-7-3-4-8-16(15)12-20/h2,5-6,9,15-16H,3-4,7-8,10-13H2,1H3,(H,19,21)/t15-,16+/m0/s1. The van der Waals surface area contributed by atoms with Crippen LogP contribution in [0.3, 0.4) is 0 Å². The lowest BCUT2D eigenvalue weighted by Crippen LogP contribution is -2.44. The zero-order chi connectivity index (χ0) is 14.7. The molecule has 0 bridgehead atoms. The van der Waals surface area contributed by atoms with Crippen molar-refractivity contribution >= 4 is 11.6 Å². The third kappa shape index (κ3) is 3.65. The summed E-state index contributed by atoms with van der Waals surface area (Å²) < 4.78 is 0. The van der Waals surface area contributed by atoms with Crippen molar-refractivity contribution in [2.24, 2.45) is 11.8 Å². The third-order valence-corrected chi connectivity index (χ3v) is 5.16. The smallest absolute Gasteiger partial charge is 0.238 e. The van der Waals surface area contributed by atoms with Gasteiger partial charge in [0.15, 0.2) is 0 Å². The minimum Gasteiger partial charge on any atom is -0.325 e. The maximum Gasteiger partial charge on any atom is 0.238 e. The molecule has 1 aromatic carbocycles. The fourth-order valence-corrected chi connectivity index (χ4v) is 3.93. The van der Waals surface area contributed by atoms with Crippen LogP contribution in [0, 0.1) is 18.8 Å². The molecule has 0 aromatic heterocycles. The molecule has 1 N–H and O–H groups in total. The van der Waals surface area contributed by atoms with E-state index in [9.17, 15) is 4.79 Å². The summed E-state index contributed by atoms with van der Waals surface area (Å²) in [6.45, 7) is 4.77. The summed E-state index contributed by atoms with van der Waals surface area (Å²) in [5.74, 6) is 1.88. The highest BCUT2D eigenvalue weighted by atomic mass is 16.2. The molecule has 0 radical (unpaired) electrons. The van der Waals surface area contributed by atoms with Crippen LogP contribution in [0.1, 0.15) is 37.7 Å². The van der Waals surface area contributed by atoms with E-state index >= 15 is 0 Å². The number of nitrogens with zero attached hydrogens (tertiary/aromatic N) is 1. The van der Waals surface area contributed by atoms with Gasteiger partial charge in [0.05, 0.1) is 6.54 Å². The number of piperidine rings is 1. The van der Waals surface area contributed by atoms with Crippen molar-refractivity contribution in [2.45, 2.75) is 39.0 Å². The quantitative estimate of drug-likeness (QED) is 0.923. The number of amides is 1. The monoisotopic (exact) mass is 286 g/mol. The van der Waals surface area contributed by atoms with E-state index in [0.29, 0.717) is 6.54 Å². The highest BCUT2D eigenvalue weighted by Gasteiger charge is 2.31. The van der Waals surface area contributed by atoms with Crippen LogP contribution in [0.5, 0.6) is 0 Å². The Hall–Kier alpha value is -1.35. The molecule has 21 heavy (non-hydrogen) atoms. The predicted octanol–water partition coefficient (Wildman–Crippen LogP) is 3.45. The van der Waals surface area contributed by atoms with Gasteiger partial charge in [-0.15, -0.1) is 0 Å². The maximum atomic E-state index is 12.2. The van der Waals surface area contributed by atoms with Gasteiger partial charge in [-0.25, -0.2) is 0 Å². The number of hydrogen-bond donors (Lipinski definition) is 1. The Labute approximate surface area is 127 Å². The van der Waals surface area contributed by atoms with Crippen LogP contribution >= 0.6 is 0 Å². The highest BCUT2D eigenvalue weighted by molar-refractivity contribution is 5.92. The van der Waals surface area contributed by atoms with E-state index in [1.807, 2.05) is 31.2 Å². The number of rotatable bonds is 3. The van der Waals surface area contributed by atoms with Crippen LogP contribution in [-0.4, -0.2) is 30.4 Å². The average Bonchev–Trinajstić information content (AvgIpc) is 2.49. The summed E-state index contributed by atoms with van der Waals surface area (Å²) in [5, 5.41) is 3.05. The van der Waals surface area contributed by atoms with Crippen molar-refractivity contribution in [3.05, 3.63) is 29.8 Å². The molecule has 1 saturated carbocycles. The second-order valence-electron chi connectivity index (χ2n) is 6.69. The summed E-state index contributed by atoms with van der Waals surface area (Å²) in [5.41, 5.74) is 2.06. The highest BCUT2D eigenvalue weighted by Crippen LogP contribution is 2.35. The molecule has 0 spiro atoms. The molecule has 114 valence electrons. The van der Waals surface area contributed by atoms with Crippen molar-refractivity contribution in [2.75, 3.05) is 25.0 Å². The van der Waals surface area contributed by atoms with E-state index in [1.54, 1.807) is 0 Å². The first-order valence-electron chi connectivity index (χ1n) is 8.30. The van der Waals surface area contributed by atoms with Gasteiger partial charge >= 0.3 is 0 Å². The number of nitrogens with one attached hydrogen (secondary N) is 1. The molecule has 3 nitrogen and oxygen atoms in total. The lowest BCUT2D eigenvalue weighted by atomic mass is 9.75. The van der Waals surface area contributed by atoms with Crippen molar-refractivity contribution in [1.82, 2.24) is 4.90 Å². The van der Waals surface area contributed by atoms with Gasteiger partial charge in [0, 0.05) is 12.2 Å². The average molecular weight is 286 g/mol. The van der Waals surface area contributed by atoms with Crippen LogP contribution in [0.2, 0.25) is 0 Å². The van der Waals surface area contributed by atoms with Crippen molar-refractivity contribution in [1.29, 1.82) is 0 Å². The first-order chi connectivity index (χ1) is 10.2. The minimum atomic E-state index is 0.124. The van der Waals surface area contributed by atoms with Gasteiger partial charge in [0.1, 0.15) is 0 Å². The fourth-order valence-electron chi connectivity index (χ4n) is 3.93. The van der Waals surface area contributed by atoms with E-state index in [1.165, 1.54) is 32.1 Å². The number of fused-ring (bicyclic) bond motifs is 1. The normalized spacial score (nSPS) is 26.1. The van der Waals surface area contributed by atoms with Gasteiger partial charge < -0.3 is 5.32 Å². The zero-order valence-corrected chi connectivity index (χ0v) is 13.0. The zero-order valence-electron chi connectivity index (χ0n) is 13.0. The lowest BCUT2D eigenvalue weighted by Gasteiger charge is -2.41. The second-order valence-corrected chi connectivity index (χ2v) is 6.69. The van der Waals surface area contributed by atoms with Gasteiger partial charge in [0.2, 0.25) is 5.91 Å². The molecule has 2 fully saturated rings. The van der Waals surface area contributed by atoms with Crippen LogP contribution in [-0.2, 0) is 4.79 Å². The van der Waals surface area contributed by atoms with Crippen LogP contribution < -0.4 is 5.32 Å². The molecule has 1 saturated heterocycles. The number of aryl methyl sites for hydroxylation is 1. The maximum absolute atomic E-state index is 12.2. The lowest BCUT2D eigenvalue weighted by molar-refractivity contribution is -0.118. The van der Waals surface area contributed by atoms with Gasteiger partial charge in [-0.3, -0.25) is 9.69 Å². The Morgan fingerprint density at radius 3 is 2.76 bits per heavy atom. The van der Waals surface area contributed by atoms with E-state index in [0.717, 1.165) is 36.2 Å². The van der Waals surface area contributed by atoms with E-state index in [4.69, 9.17) is 0 Å². The number of hydrogen-bond acceptors (Lipinski definition) is 2. The number of likely N-dealkylation sites (tertiary alicyclic amines) is 1. The SMILES string of the molecule is Cc1ccccc1NC(=O)CN1CC[C@@H]2CCCC[C@@H]2C1. The number of anilines is 1. The summed E-state index contributed by atoms with van der Waals surface area (Å²) in [7, 11) is 0. The van der Waals surface area contributed by atoms with Gasteiger partial charge in [-0.1, -0.05) is 37.5 Å². The minimum absolute atomic E-state index is 0.124. The summed E-state index contributed by atoms with van der Waals surface area (Å²) in [6, 6.07) is 7.97. The number of carbonyl (C=O) groups excluding carboxylic acids is 1. The Bertz CT molecular complexity index is 500. The molecule has 0 unspecified atom stereocenters. The molecule has 1 amide bonds. The molecule has 1 aliphatic heterocycles. The van der Waals surface area contributed by atoms with Crippen molar-refractivity contribution < 1.29 is 4.79 Å². The molecular formula is C18H26N2O. The van der Waals surface area contributed by atoms with Crippen molar-refractivity contribution in [3.63, 3.8) is 0 Å². The first-order valence-corrected chi connectivity index (χ1v) is 8.30. The molecule has 3 heteroatoms. The predicted molar refractivity (Wildman–Crippen MR) is 86.3 cm³/mol. The Balaban J connectivity index is 1.52. The third-order valence-electron chi connectivity index (χ3n) is 5.16. The van der Waals surface area contributed by atoms with Crippen LogP contribution in [0.25, 0.3) is 0 Å². The van der Waals surface area contributed by atoms with Gasteiger partial charge in [-0.05, 0) is 49.8 Å². The summed E-state index contributed by atoms with van der Waals surface area (Å²) in [4.78, 5) is 14.6. The van der Waals surface area contributed by atoms with Crippen molar-refractivity contribution in [3.8, 4) is 0 Å². The molecule has 1 aromatic rings. The van der Waals surface area contributed by atoms with E-state index in [2.05, 4.69) is 10.2 Å². The van der Waals surface area contributed by atoms with Gasteiger partial charge in [0.25, 0.3) is 0 Å². The number of para-hydroxylation sites is 1. The molecule has 2 atom stereocenters. The van der Waals surface area contributed by atoms with Crippen LogP contribution in [0.4, 0.5) is 5.69 Å². The summed E-state index contributed by atoms with van der Waals surface area (Å²) in [6.07, 6.45) is 6.84. The largest absolute Gasteiger partial charge is 0.325 e. The number of benzene rings is 1. The molecule has 1 heterocycles. The Morgan fingerprint density at radius 1 is 1.19 bits per heavy atom. The second kappa shape index (κ2) is 6.61. The molecule has 2 aliphatic rings. The molecular weight excluding hydrogens is 260 g/mol. The fraction of sp³-hybridized carbons (Fsp3) is 0.611. The van der Waals surface area contributed by atoms with Crippen LogP contribution in [0.15, 0.2) is 24.3 Å². The molecule has 3 rings (SSSR count). The topological polar surface area (TPSA) is 32.3 Å². The molecule has 1 aliphatic carbocycles. The Morgan fingerprint density at radius 2 is 1.95 bits per heavy atom. The van der Waals surface area contributed by atoms with E-state index in [-0.39, 0.29) is 5.91 Å².